The number of ether oxygens (including phenoxy) is 1. The number of piperazine rings is 1. The number of thiazole rings is 1. The molecule has 1 fully saturated rings. The van der Waals surface area contributed by atoms with Gasteiger partial charge in [-0.25, -0.2) is 9.78 Å². The van der Waals surface area contributed by atoms with Crippen LogP contribution in [-0.2, 0) is 14.4 Å². The molecule has 2 amide bonds. The Hall–Kier alpha value is -3.63. The van der Waals surface area contributed by atoms with Crippen molar-refractivity contribution in [2.75, 3.05) is 39.0 Å². The van der Waals surface area contributed by atoms with Gasteiger partial charge in [-0.05, 0) is 24.5 Å². The number of hydrogen-bond acceptors (Lipinski definition) is 9. The fourth-order valence-corrected chi connectivity index (χ4v) is 6.30. The van der Waals surface area contributed by atoms with Crippen LogP contribution in [0.2, 0.25) is 0 Å². The number of nitrogens with zero attached hydrogens (tertiary/aromatic N) is 3. The normalized spacial score (nSPS) is 13.3. The number of thiophene rings is 1. The van der Waals surface area contributed by atoms with Gasteiger partial charge in [0.25, 0.3) is 5.91 Å². The Morgan fingerprint density at radius 1 is 1.17 bits per heavy atom. The minimum Gasteiger partial charge on any atom is -0.484 e. The number of carboxylic acids is 1. The van der Waals surface area contributed by atoms with Gasteiger partial charge in [0.1, 0.15) is 16.6 Å². The Balaban J connectivity index is 0.000000587. The third-order valence-electron chi connectivity index (χ3n) is 5.70. The molecule has 1 aliphatic heterocycles. The van der Waals surface area contributed by atoms with E-state index in [-0.39, 0.29) is 24.3 Å². The number of rotatable bonds is 7. The first kappa shape index (κ1) is 31.9. The van der Waals surface area contributed by atoms with Gasteiger partial charge in [-0.15, -0.1) is 34.4 Å². The van der Waals surface area contributed by atoms with E-state index in [9.17, 15) is 22.8 Å². The van der Waals surface area contributed by atoms with Crippen LogP contribution in [0.4, 0.5) is 13.2 Å². The molecule has 16 heteroatoms. The second-order valence-electron chi connectivity index (χ2n) is 8.47. The lowest BCUT2D eigenvalue weighted by Crippen LogP contribution is -2.51. The van der Waals surface area contributed by atoms with Crippen molar-refractivity contribution in [1.29, 1.82) is 5.41 Å². The van der Waals surface area contributed by atoms with E-state index >= 15 is 0 Å². The molecule has 41 heavy (non-hydrogen) atoms. The number of alkyl halides is 3. The lowest BCUT2D eigenvalue weighted by atomic mass is 10.1. The molecule has 1 aliphatic rings. The van der Waals surface area contributed by atoms with Gasteiger partial charge in [0.05, 0.1) is 14.8 Å². The molecular weight excluding hydrogens is 604 g/mol. The van der Waals surface area contributed by atoms with E-state index in [4.69, 9.17) is 30.8 Å². The number of halogens is 3. The summed E-state index contributed by atoms with van der Waals surface area (Å²) in [6, 6.07) is 9.46. The minimum atomic E-state index is -5.08. The number of carbonyl (C=O) groups is 3. The number of amidine groups is 1. The summed E-state index contributed by atoms with van der Waals surface area (Å²) in [7, 11) is 0. The van der Waals surface area contributed by atoms with Gasteiger partial charge < -0.3 is 25.4 Å². The van der Waals surface area contributed by atoms with E-state index in [1.165, 1.54) is 22.7 Å². The molecule has 0 aliphatic carbocycles. The Bertz CT molecular complexity index is 1420. The molecule has 0 spiro atoms. The highest BCUT2D eigenvalue weighted by Gasteiger charge is 2.38. The van der Waals surface area contributed by atoms with E-state index in [2.05, 4.69) is 0 Å². The maximum Gasteiger partial charge on any atom is 0.490 e. The number of aliphatic carboxylic acids is 1. The fraction of sp³-hybridized carbons (Fsp3) is 0.320. The quantitative estimate of drug-likeness (QED) is 0.200. The summed E-state index contributed by atoms with van der Waals surface area (Å²) in [6.07, 6.45) is -3.08. The van der Waals surface area contributed by atoms with Crippen LogP contribution in [0, 0.1) is 5.41 Å². The maximum atomic E-state index is 12.5. The molecule has 0 radical (unpaired) electrons. The first-order chi connectivity index (χ1) is 19.3. The summed E-state index contributed by atoms with van der Waals surface area (Å²) in [6.45, 7) is 3.65. The molecule has 0 saturated carbocycles. The maximum absolute atomic E-state index is 12.5. The lowest BCUT2D eigenvalue weighted by molar-refractivity contribution is -0.192. The highest BCUT2D eigenvalue weighted by atomic mass is 32.2. The van der Waals surface area contributed by atoms with Crippen LogP contribution < -0.4 is 10.5 Å². The van der Waals surface area contributed by atoms with Gasteiger partial charge in [0, 0.05) is 49.6 Å². The summed E-state index contributed by atoms with van der Waals surface area (Å²) in [5.74, 6) is -2.15. The third kappa shape index (κ3) is 8.68. The number of benzene rings is 1. The number of nitrogen functional groups attached to an aromatic ring is 1. The van der Waals surface area contributed by atoms with Crippen LogP contribution in [0.1, 0.15) is 11.8 Å². The van der Waals surface area contributed by atoms with E-state index in [0.717, 1.165) is 30.9 Å². The molecule has 4 rings (SSSR count). The largest absolute Gasteiger partial charge is 0.490 e. The highest BCUT2D eigenvalue weighted by molar-refractivity contribution is 8.00. The van der Waals surface area contributed by atoms with Crippen LogP contribution in [-0.4, -0.2) is 88.7 Å². The molecule has 4 N–H and O–H groups in total. The minimum absolute atomic E-state index is 0.0355. The molecule has 1 aromatic carbocycles. The van der Waals surface area contributed by atoms with Gasteiger partial charge >= 0.3 is 12.1 Å². The van der Waals surface area contributed by atoms with Gasteiger partial charge in [0.15, 0.2) is 6.61 Å². The predicted octanol–water partition coefficient (Wildman–Crippen LogP) is 4.25. The standard InChI is InChI=1S/C23H25N5O3S3.C2HF3O2/c1-14(29)27-6-8-28(9-7-27)20(30)12-31-16-5-3-4-15(10-16)18-13-33-22(26-18)17-11-19(21(24)25)34-23(17)32-2;3-2(4,5)1(6)7/h3-5,10-11,13H,6-9,12H2,1-2H3,(H3,24,25);(H,6,7). The number of nitrogens with two attached hydrogens (primary N) is 1. The number of aromatic nitrogens is 1. The molecule has 1 saturated heterocycles. The Labute approximate surface area is 245 Å². The predicted molar refractivity (Wildman–Crippen MR) is 152 cm³/mol. The zero-order chi connectivity index (χ0) is 30.3. The summed E-state index contributed by atoms with van der Waals surface area (Å²) in [5, 5.41) is 17.7. The summed E-state index contributed by atoms with van der Waals surface area (Å²) >= 11 is 4.65. The summed E-state index contributed by atoms with van der Waals surface area (Å²) < 4.78 is 38.6. The highest BCUT2D eigenvalue weighted by Crippen LogP contribution is 2.40. The van der Waals surface area contributed by atoms with Gasteiger partial charge in [-0.2, -0.15) is 13.2 Å². The molecule has 10 nitrogen and oxygen atoms in total. The third-order valence-corrected chi connectivity index (χ3v) is 8.88. The first-order valence-electron chi connectivity index (χ1n) is 11.8. The summed E-state index contributed by atoms with van der Waals surface area (Å²) in [5.41, 5.74) is 8.37. The average molecular weight is 630 g/mol. The van der Waals surface area contributed by atoms with E-state index in [1.54, 1.807) is 28.5 Å². The SMILES string of the molecule is CSc1sc(C(=N)N)cc1-c1nc(-c2cccc(OCC(=O)N3CCN(C(C)=O)CC3)c2)cs1.O=C(O)C(F)(F)F. The molecule has 0 unspecified atom stereocenters. The lowest BCUT2D eigenvalue weighted by Gasteiger charge is -2.34. The molecular formula is C25H26F3N5O5S3. The van der Waals surface area contributed by atoms with Crippen LogP contribution in [0.25, 0.3) is 21.8 Å². The van der Waals surface area contributed by atoms with E-state index < -0.39 is 12.1 Å². The average Bonchev–Trinajstić information content (AvgIpc) is 3.59. The topological polar surface area (TPSA) is 150 Å². The molecule has 3 heterocycles. The first-order valence-corrected chi connectivity index (χ1v) is 14.8. The second kappa shape index (κ2) is 13.8. The van der Waals surface area contributed by atoms with Crippen molar-refractivity contribution in [2.45, 2.75) is 17.3 Å². The number of amides is 2. The van der Waals surface area contributed by atoms with Crippen LogP contribution in [0.3, 0.4) is 0 Å². The van der Waals surface area contributed by atoms with Crippen LogP contribution in [0.5, 0.6) is 5.75 Å². The number of carbonyl (C=O) groups excluding carboxylic acids is 2. The molecule has 3 aromatic rings. The van der Waals surface area contributed by atoms with Gasteiger partial charge in [-0.3, -0.25) is 15.0 Å². The van der Waals surface area contributed by atoms with Crippen molar-refractivity contribution < 1.29 is 37.4 Å². The smallest absolute Gasteiger partial charge is 0.484 e. The van der Waals surface area contributed by atoms with E-state index in [0.29, 0.717) is 31.9 Å². The Morgan fingerprint density at radius 2 is 1.80 bits per heavy atom. The van der Waals surface area contributed by atoms with Crippen molar-refractivity contribution >= 4 is 58.1 Å². The number of thioether (sulfide) groups is 1. The number of hydrogen-bond donors (Lipinski definition) is 3. The number of nitrogens with one attached hydrogen (secondary N) is 1. The van der Waals surface area contributed by atoms with Crippen molar-refractivity contribution in [3.8, 4) is 27.6 Å². The van der Waals surface area contributed by atoms with Crippen LogP contribution >= 0.6 is 34.4 Å². The van der Waals surface area contributed by atoms with E-state index in [1.807, 2.05) is 42.0 Å². The molecule has 0 atom stereocenters. The van der Waals surface area contributed by atoms with Crippen molar-refractivity contribution in [1.82, 2.24) is 14.8 Å². The molecule has 2 aromatic heterocycles. The van der Waals surface area contributed by atoms with Crippen molar-refractivity contribution in [3.63, 3.8) is 0 Å². The monoisotopic (exact) mass is 629 g/mol. The van der Waals surface area contributed by atoms with Crippen LogP contribution in [0.15, 0.2) is 39.9 Å². The zero-order valence-electron chi connectivity index (χ0n) is 21.9. The molecule has 0 bridgehead atoms. The fourth-order valence-electron chi connectivity index (χ4n) is 3.59. The molecule has 220 valence electrons. The van der Waals surface area contributed by atoms with Crippen molar-refractivity contribution in [2.24, 2.45) is 5.73 Å². The van der Waals surface area contributed by atoms with Crippen molar-refractivity contribution in [3.05, 3.63) is 40.6 Å². The zero-order valence-corrected chi connectivity index (χ0v) is 24.3. The Morgan fingerprint density at radius 3 is 2.37 bits per heavy atom. The van der Waals surface area contributed by atoms with Gasteiger partial charge in [-0.1, -0.05) is 12.1 Å². The van der Waals surface area contributed by atoms with Gasteiger partial charge in [0.2, 0.25) is 5.91 Å². The Kier molecular flexibility index (Phi) is 10.8. The number of carboxylic acid groups (broad SMARTS) is 1. The summed E-state index contributed by atoms with van der Waals surface area (Å²) in [4.78, 5) is 41.9. The second-order valence-corrected chi connectivity index (χ2v) is 11.5.